The van der Waals surface area contributed by atoms with Crippen molar-refractivity contribution in [1.82, 2.24) is 9.78 Å². The lowest BCUT2D eigenvalue weighted by Gasteiger charge is -2.22. The molecule has 0 aromatic carbocycles. The van der Waals surface area contributed by atoms with Crippen LogP contribution in [0.5, 0.6) is 0 Å². The smallest absolute Gasteiger partial charge is 0.0945 e. The van der Waals surface area contributed by atoms with Gasteiger partial charge in [0.25, 0.3) is 0 Å². The Morgan fingerprint density at radius 2 is 2.18 bits per heavy atom. The van der Waals surface area contributed by atoms with Crippen LogP contribution in [0, 0.1) is 6.92 Å². The first-order valence-electron chi connectivity index (χ1n) is 5.84. The number of aliphatic hydroxyl groups is 1. The fourth-order valence-corrected chi connectivity index (χ4v) is 1.41. The molecule has 1 aromatic heterocycles. The highest BCUT2D eigenvalue weighted by molar-refractivity contribution is 5.45. The van der Waals surface area contributed by atoms with E-state index in [0.717, 1.165) is 11.4 Å². The first kappa shape index (κ1) is 14.0. The van der Waals surface area contributed by atoms with Crippen molar-refractivity contribution < 1.29 is 9.84 Å². The van der Waals surface area contributed by atoms with Crippen molar-refractivity contribution in [3.63, 3.8) is 0 Å². The summed E-state index contributed by atoms with van der Waals surface area (Å²) < 4.78 is 7.25. The second-order valence-corrected chi connectivity index (χ2v) is 5.26. The van der Waals surface area contributed by atoms with Gasteiger partial charge in [-0.25, -0.2) is 0 Å². The van der Waals surface area contributed by atoms with Gasteiger partial charge in [0.15, 0.2) is 0 Å². The number of rotatable bonds is 5. The molecule has 0 radical (unpaired) electrons. The first-order chi connectivity index (χ1) is 7.78. The normalized spacial score (nSPS) is 13.8. The van der Waals surface area contributed by atoms with Gasteiger partial charge in [0.05, 0.1) is 29.7 Å². The molecule has 1 unspecified atom stereocenters. The SMILES string of the molecule is Cc1nn(C)cc1NCC(O)COC(C)(C)C. The van der Waals surface area contributed by atoms with E-state index in [2.05, 4.69) is 10.4 Å². The summed E-state index contributed by atoms with van der Waals surface area (Å²) in [5.41, 5.74) is 1.66. The van der Waals surface area contributed by atoms with E-state index in [1.807, 2.05) is 40.9 Å². The van der Waals surface area contributed by atoms with Crippen LogP contribution in [0.15, 0.2) is 6.20 Å². The van der Waals surface area contributed by atoms with Gasteiger partial charge in [-0.3, -0.25) is 4.68 Å². The average molecular weight is 241 g/mol. The van der Waals surface area contributed by atoms with Gasteiger partial charge in [-0.1, -0.05) is 0 Å². The standard InChI is InChI=1S/C12H23N3O2/c1-9-11(7-15(5)14-9)13-6-10(16)8-17-12(2,3)4/h7,10,13,16H,6,8H2,1-5H3. The molecule has 0 saturated heterocycles. The molecule has 2 N–H and O–H groups in total. The molecule has 0 saturated carbocycles. The Morgan fingerprint density at radius 3 is 2.65 bits per heavy atom. The minimum Gasteiger partial charge on any atom is -0.389 e. The summed E-state index contributed by atoms with van der Waals surface area (Å²) in [6.07, 6.45) is 1.38. The molecule has 1 atom stereocenters. The number of aliphatic hydroxyl groups excluding tert-OH is 1. The second kappa shape index (κ2) is 5.51. The molecule has 0 aliphatic rings. The van der Waals surface area contributed by atoms with Gasteiger partial charge in [-0.15, -0.1) is 0 Å². The number of ether oxygens (including phenoxy) is 1. The van der Waals surface area contributed by atoms with E-state index in [1.54, 1.807) is 4.68 Å². The number of nitrogens with one attached hydrogen (secondary N) is 1. The van der Waals surface area contributed by atoms with Gasteiger partial charge in [0.1, 0.15) is 0 Å². The fourth-order valence-electron chi connectivity index (χ4n) is 1.41. The van der Waals surface area contributed by atoms with E-state index in [0.29, 0.717) is 13.2 Å². The van der Waals surface area contributed by atoms with Crippen LogP contribution in [0.4, 0.5) is 5.69 Å². The zero-order valence-electron chi connectivity index (χ0n) is 11.3. The van der Waals surface area contributed by atoms with Crippen LogP contribution >= 0.6 is 0 Å². The maximum Gasteiger partial charge on any atom is 0.0945 e. The molecule has 17 heavy (non-hydrogen) atoms. The van der Waals surface area contributed by atoms with E-state index in [1.165, 1.54) is 0 Å². The summed E-state index contributed by atoms with van der Waals surface area (Å²) in [5, 5.41) is 17.1. The molecular formula is C12H23N3O2. The molecule has 0 aliphatic heterocycles. The quantitative estimate of drug-likeness (QED) is 0.816. The second-order valence-electron chi connectivity index (χ2n) is 5.26. The minimum atomic E-state index is -0.520. The lowest BCUT2D eigenvalue weighted by Crippen LogP contribution is -2.30. The van der Waals surface area contributed by atoms with Crippen molar-refractivity contribution in [2.24, 2.45) is 7.05 Å². The van der Waals surface area contributed by atoms with Crippen LogP contribution in [-0.4, -0.2) is 39.7 Å². The van der Waals surface area contributed by atoms with Gasteiger partial charge in [-0.05, 0) is 27.7 Å². The molecule has 0 spiro atoms. The van der Waals surface area contributed by atoms with Crippen LogP contribution < -0.4 is 5.32 Å². The topological polar surface area (TPSA) is 59.3 Å². The number of aryl methyl sites for hydroxylation is 2. The summed E-state index contributed by atoms with van der Waals surface area (Å²) >= 11 is 0. The lowest BCUT2D eigenvalue weighted by atomic mass is 10.2. The van der Waals surface area contributed by atoms with Gasteiger partial charge >= 0.3 is 0 Å². The number of aromatic nitrogens is 2. The van der Waals surface area contributed by atoms with Crippen LogP contribution in [0.25, 0.3) is 0 Å². The molecule has 1 aromatic rings. The van der Waals surface area contributed by atoms with Crippen LogP contribution in [0.2, 0.25) is 0 Å². The maximum absolute atomic E-state index is 9.76. The van der Waals surface area contributed by atoms with E-state index >= 15 is 0 Å². The largest absolute Gasteiger partial charge is 0.389 e. The van der Waals surface area contributed by atoms with Crippen molar-refractivity contribution in [2.45, 2.75) is 39.4 Å². The number of hydrogen-bond acceptors (Lipinski definition) is 4. The molecule has 0 aliphatic carbocycles. The van der Waals surface area contributed by atoms with Gasteiger partial charge in [-0.2, -0.15) is 5.10 Å². The van der Waals surface area contributed by atoms with Crippen molar-refractivity contribution >= 4 is 5.69 Å². The Balaban J connectivity index is 2.33. The molecule has 1 heterocycles. The molecular weight excluding hydrogens is 218 g/mol. The molecule has 5 heteroatoms. The average Bonchev–Trinajstić information content (AvgIpc) is 2.50. The van der Waals surface area contributed by atoms with Crippen molar-refractivity contribution in [1.29, 1.82) is 0 Å². The number of nitrogens with zero attached hydrogens (tertiary/aromatic N) is 2. The van der Waals surface area contributed by atoms with Crippen molar-refractivity contribution in [2.75, 3.05) is 18.5 Å². The van der Waals surface area contributed by atoms with Crippen LogP contribution in [0.1, 0.15) is 26.5 Å². The number of anilines is 1. The molecule has 0 fully saturated rings. The maximum atomic E-state index is 9.76. The van der Waals surface area contributed by atoms with E-state index in [9.17, 15) is 5.11 Å². The summed E-state index contributed by atoms with van der Waals surface area (Å²) in [7, 11) is 1.87. The zero-order valence-corrected chi connectivity index (χ0v) is 11.3. The third-order valence-electron chi connectivity index (χ3n) is 2.25. The van der Waals surface area contributed by atoms with Crippen LogP contribution in [0.3, 0.4) is 0 Å². The highest BCUT2D eigenvalue weighted by atomic mass is 16.5. The lowest BCUT2D eigenvalue weighted by molar-refractivity contribution is -0.0449. The minimum absolute atomic E-state index is 0.217. The fraction of sp³-hybridized carbons (Fsp3) is 0.750. The predicted octanol–water partition coefficient (Wildman–Crippen LogP) is 1.32. The Labute approximate surface area is 103 Å². The molecule has 1 rings (SSSR count). The molecule has 98 valence electrons. The summed E-state index contributed by atoms with van der Waals surface area (Å²) in [5.74, 6) is 0. The summed E-state index contributed by atoms with van der Waals surface area (Å²) in [4.78, 5) is 0. The highest BCUT2D eigenvalue weighted by Crippen LogP contribution is 2.12. The first-order valence-corrected chi connectivity index (χ1v) is 5.84. The Bertz CT molecular complexity index is 355. The van der Waals surface area contributed by atoms with E-state index in [-0.39, 0.29) is 5.60 Å². The Kier molecular flexibility index (Phi) is 4.54. The third kappa shape index (κ3) is 5.19. The Morgan fingerprint density at radius 1 is 1.53 bits per heavy atom. The zero-order chi connectivity index (χ0) is 13.1. The van der Waals surface area contributed by atoms with Crippen LogP contribution in [-0.2, 0) is 11.8 Å². The Hall–Kier alpha value is -1.07. The van der Waals surface area contributed by atoms with Crippen molar-refractivity contribution in [3.8, 4) is 0 Å². The van der Waals surface area contributed by atoms with Gasteiger partial charge in [0.2, 0.25) is 0 Å². The predicted molar refractivity (Wildman–Crippen MR) is 68.1 cm³/mol. The third-order valence-corrected chi connectivity index (χ3v) is 2.25. The van der Waals surface area contributed by atoms with E-state index in [4.69, 9.17) is 4.74 Å². The summed E-state index contributed by atoms with van der Waals surface area (Å²) in [6, 6.07) is 0. The van der Waals surface area contributed by atoms with Gasteiger partial charge < -0.3 is 15.2 Å². The van der Waals surface area contributed by atoms with E-state index < -0.39 is 6.10 Å². The number of hydrogen-bond donors (Lipinski definition) is 2. The van der Waals surface area contributed by atoms with Gasteiger partial charge in [0, 0.05) is 19.8 Å². The highest BCUT2D eigenvalue weighted by Gasteiger charge is 2.14. The van der Waals surface area contributed by atoms with Crippen molar-refractivity contribution in [3.05, 3.63) is 11.9 Å². The molecule has 0 amide bonds. The molecule has 5 nitrogen and oxygen atoms in total. The monoisotopic (exact) mass is 241 g/mol. The summed E-state index contributed by atoms with van der Waals surface area (Å²) in [6.45, 7) is 8.63. The molecule has 0 bridgehead atoms.